The number of rotatable bonds is 6. The Bertz CT molecular complexity index is 831. The number of hydrogen-bond acceptors (Lipinski definition) is 4. The summed E-state index contributed by atoms with van der Waals surface area (Å²) < 4.78 is 0. The molecule has 1 fully saturated rings. The lowest BCUT2D eigenvalue weighted by molar-refractivity contribution is 0.102. The minimum Gasteiger partial charge on any atom is -0.371 e. The number of piperidine rings is 1. The van der Waals surface area contributed by atoms with E-state index in [0.29, 0.717) is 28.5 Å². The lowest BCUT2D eigenvalue weighted by atomic mass is 10.00. The zero-order chi connectivity index (χ0) is 21.0. The van der Waals surface area contributed by atoms with Gasteiger partial charge < -0.3 is 15.1 Å². The zero-order valence-corrected chi connectivity index (χ0v) is 18.5. The minimum absolute atomic E-state index is 0.192. The van der Waals surface area contributed by atoms with Crippen molar-refractivity contribution in [3.63, 3.8) is 0 Å². The largest absolute Gasteiger partial charge is 0.371 e. The molecule has 1 amide bonds. The van der Waals surface area contributed by atoms with Crippen LogP contribution < -0.4 is 10.2 Å². The van der Waals surface area contributed by atoms with Crippen LogP contribution in [0.15, 0.2) is 36.5 Å². The quantitative estimate of drug-likeness (QED) is 0.722. The van der Waals surface area contributed by atoms with E-state index in [1.165, 1.54) is 6.42 Å². The van der Waals surface area contributed by atoms with Crippen LogP contribution in [0.5, 0.6) is 0 Å². The van der Waals surface area contributed by atoms with E-state index in [4.69, 9.17) is 11.6 Å². The molecule has 3 rings (SSSR count). The van der Waals surface area contributed by atoms with Crippen molar-refractivity contribution in [2.75, 3.05) is 30.4 Å². The second-order valence-corrected chi connectivity index (χ2v) is 8.41. The maximum Gasteiger partial charge on any atom is 0.258 e. The maximum absolute atomic E-state index is 13.0. The number of benzene rings is 1. The first kappa shape index (κ1) is 21.6. The van der Waals surface area contributed by atoms with Crippen LogP contribution >= 0.6 is 11.6 Å². The van der Waals surface area contributed by atoms with Crippen molar-refractivity contribution >= 4 is 29.0 Å². The molecule has 0 spiro atoms. The molecule has 156 valence electrons. The van der Waals surface area contributed by atoms with Crippen molar-refractivity contribution in [1.29, 1.82) is 0 Å². The third-order valence-electron chi connectivity index (χ3n) is 6.00. The molecule has 0 aliphatic carbocycles. The first-order valence-corrected chi connectivity index (χ1v) is 10.8. The van der Waals surface area contributed by atoms with Gasteiger partial charge in [0.1, 0.15) is 5.82 Å². The van der Waals surface area contributed by atoms with Crippen LogP contribution in [-0.4, -0.2) is 48.0 Å². The topological polar surface area (TPSA) is 48.5 Å². The smallest absolute Gasteiger partial charge is 0.258 e. The highest BCUT2D eigenvalue weighted by atomic mass is 35.5. The third-order valence-corrected chi connectivity index (χ3v) is 6.23. The number of aromatic nitrogens is 1. The molecule has 1 unspecified atom stereocenters. The summed E-state index contributed by atoms with van der Waals surface area (Å²) in [4.78, 5) is 22.1. The highest BCUT2D eigenvalue weighted by Gasteiger charge is 2.27. The van der Waals surface area contributed by atoms with Gasteiger partial charge in [0.05, 0.1) is 5.56 Å². The number of halogens is 1. The van der Waals surface area contributed by atoms with Gasteiger partial charge in [0.2, 0.25) is 0 Å². The van der Waals surface area contributed by atoms with Crippen molar-refractivity contribution in [3.8, 4) is 0 Å². The predicted molar refractivity (Wildman–Crippen MR) is 121 cm³/mol. The molecule has 0 radical (unpaired) electrons. The van der Waals surface area contributed by atoms with Crippen molar-refractivity contribution in [1.82, 2.24) is 9.88 Å². The first-order valence-electron chi connectivity index (χ1n) is 10.4. The molecular formula is C23H31ClN4O. The van der Waals surface area contributed by atoms with Gasteiger partial charge in [-0.15, -0.1) is 0 Å². The van der Waals surface area contributed by atoms with Gasteiger partial charge in [0, 0.05) is 49.1 Å². The Kier molecular flexibility index (Phi) is 7.14. The second-order valence-electron chi connectivity index (χ2n) is 7.97. The fourth-order valence-electron chi connectivity index (χ4n) is 3.89. The Morgan fingerprint density at radius 3 is 2.66 bits per heavy atom. The Labute approximate surface area is 179 Å². The lowest BCUT2D eigenvalue weighted by Gasteiger charge is -2.40. The number of carbonyl (C=O) groups is 1. The van der Waals surface area contributed by atoms with Gasteiger partial charge in [0.15, 0.2) is 0 Å². The molecule has 1 aliphatic rings. The monoisotopic (exact) mass is 414 g/mol. The number of likely N-dealkylation sites (tertiary alicyclic amines) is 1. The van der Waals surface area contributed by atoms with Crippen LogP contribution in [0.3, 0.4) is 0 Å². The van der Waals surface area contributed by atoms with Crippen molar-refractivity contribution in [2.24, 2.45) is 0 Å². The van der Waals surface area contributed by atoms with E-state index >= 15 is 0 Å². The fraction of sp³-hybridized carbons (Fsp3) is 0.478. The molecule has 1 saturated heterocycles. The number of hydrogen-bond donors (Lipinski definition) is 1. The molecule has 5 nitrogen and oxygen atoms in total. The fourth-order valence-corrected chi connectivity index (χ4v) is 4.06. The minimum atomic E-state index is -0.192. The Morgan fingerprint density at radius 2 is 2.03 bits per heavy atom. The van der Waals surface area contributed by atoms with Gasteiger partial charge in [-0.2, -0.15) is 0 Å². The molecule has 1 N–H and O–H groups in total. The van der Waals surface area contributed by atoms with E-state index in [1.54, 1.807) is 12.3 Å². The van der Waals surface area contributed by atoms with E-state index in [0.717, 1.165) is 37.2 Å². The molecule has 0 saturated carbocycles. The summed E-state index contributed by atoms with van der Waals surface area (Å²) in [7, 11) is 2.08. The Balaban J connectivity index is 1.76. The van der Waals surface area contributed by atoms with Crippen molar-refractivity contribution in [3.05, 3.63) is 52.7 Å². The normalized spacial score (nSPS) is 16.4. The SMILES string of the molecule is CCC(C)N1CCC(N(C)c2ccc(Cl)cc2C(=O)Nc2ccc(C)cn2)CC1. The molecule has 29 heavy (non-hydrogen) atoms. The van der Waals surface area contributed by atoms with Gasteiger partial charge in [-0.05, 0) is 62.9 Å². The molecule has 1 aliphatic heterocycles. The van der Waals surface area contributed by atoms with Crippen LogP contribution in [0, 0.1) is 6.92 Å². The van der Waals surface area contributed by atoms with Gasteiger partial charge >= 0.3 is 0 Å². The lowest BCUT2D eigenvalue weighted by Crippen LogP contribution is -2.46. The van der Waals surface area contributed by atoms with E-state index in [2.05, 4.69) is 41.0 Å². The summed E-state index contributed by atoms with van der Waals surface area (Å²) in [6, 6.07) is 10.3. The average molecular weight is 415 g/mol. The first-order chi connectivity index (χ1) is 13.9. The van der Waals surface area contributed by atoms with Crippen molar-refractivity contribution in [2.45, 2.75) is 52.1 Å². The summed E-state index contributed by atoms with van der Waals surface area (Å²) in [5, 5.41) is 3.45. The van der Waals surface area contributed by atoms with Gasteiger partial charge in [-0.3, -0.25) is 4.79 Å². The van der Waals surface area contributed by atoms with Gasteiger partial charge in [0.25, 0.3) is 5.91 Å². The number of aryl methyl sites for hydroxylation is 1. The van der Waals surface area contributed by atoms with E-state index in [1.807, 2.05) is 31.2 Å². The maximum atomic E-state index is 13.0. The number of amides is 1. The highest BCUT2D eigenvalue weighted by molar-refractivity contribution is 6.31. The standard InChI is InChI=1S/C23H31ClN4O/c1-5-17(3)28-12-10-19(11-13-28)27(4)21-8-7-18(24)14-20(21)23(29)26-22-9-6-16(2)15-25-22/h6-9,14-15,17,19H,5,10-13H2,1-4H3,(H,25,26,29). The number of nitrogens with zero attached hydrogens (tertiary/aromatic N) is 3. The Hall–Kier alpha value is -2.11. The van der Waals surface area contributed by atoms with Crippen LogP contribution in [0.4, 0.5) is 11.5 Å². The summed E-state index contributed by atoms with van der Waals surface area (Å²) in [6.07, 6.45) is 5.09. The summed E-state index contributed by atoms with van der Waals surface area (Å²) >= 11 is 6.22. The van der Waals surface area contributed by atoms with Crippen molar-refractivity contribution < 1.29 is 4.79 Å². The molecular weight excluding hydrogens is 384 g/mol. The molecule has 2 aromatic rings. The molecule has 6 heteroatoms. The van der Waals surface area contributed by atoms with E-state index in [-0.39, 0.29) is 5.91 Å². The predicted octanol–water partition coefficient (Wildman–Crippen LogP) is 4.99. The van der Waals surface area contributed by atoms with Gasteiger partial charge in [-0.1, -0.05) is 24.6 Å². The van der Waals surface area contributed by atoms with Crippen LogP contribution in [-0.2, 0) is 0 Å². The van der Waals surface area contributed by atoms with Crippen LogP contribution in [0.25, 0.3) is 0 Å². The Morgan fingerprint density at radius 1 is 1.31 bits per heavy atom. The molecule has 2 heterocycles. The van der Waals surface area contributed by atoms with E-state index in [9.17, 15) is 4.79 Å². The number of pyridine rings is 1. The summed E-state index contributed by atoms with van der Waals surface area (Å²) in [5.41, 5.74) is 2.53. The molecule has 1 atom stereocenters. The second kappa shape index (κ2) is 9.59. The van der Waals surface area contributed by atoms with Crippen LogP contribution in [0.1, 0.15) is 49.0 Å². The number of nitrogens with one attached hydrogen (secondary N) is 1. The third kappa shape index (κ3) is 5.28. The summed E-state index contributed by atoms with van der Waals surface area (Å²) in [6.45, 7) is 8.68. The van der Waals surface area contributed by atoms with Crippen LogP contribution in [0.2, 0.25) is 5.02 Å². The molecule has 1 aromatic carbocycles. The summed E-state index contributed by atoms with van der Waals surface area (Å²) in [5.74, 6) is 0.346. The number of anilines is 2. The zero-order valence-electron chi connectivity index (χ0n) is 17.8. The number of carbonyl (C=O) groups excluding carboxylic acids is 1. The molecule has 0 bridgehead atoms. The van der Waals surface area contributed by atoms with E-state index < -0.39 is 0 Å². The van der Waals surface area contributed by atoms with Gasteiger partial charge in [-0.25, -0.2) is 4.98 Å². The highest BCUT2D eigenvalue weighted by Crippen LogP contribution is 2.29. The molecule has 1 aromatic heterocycles. The average Bonchev–Trinajstić information content (AvgIpc) is 2.74.